The zero-order valence-corrected chi connectivity index (χ0v) is 16.7. The maximum Gasteiger partial charge on any atom is 0.123 e. The van der Waals surface area contributed by atoms with Crippen molar-refractivity contribution in [1.29, 1.82) is 0 Å². The minimum atomic E-state index is -0.982. The molecule has 6 heteroatoms. The average molecular weight is 398 g/mol. The number of aryl methyl sites for hydroxylation is 2. The standard InChI is InChI=1S/C22H24FN3OS/c1-28(27)26-13-4-7-21(26)19-5-2-3-6-20(19)22-15-24-16-25(22)14-12-17-8-10-18(23)11-9-17/h2-3,5-6,8-11,15-16,21H,4,7,12-14H2,1H3. The number of hydrogen-bond acceptors (Lipinski definition) is 2. The maximum atomic E-state index is 13.1. The lowest BCUT2D eigenvalue weighted by Crippen LogP contribution is -2.25. The third kappa shape index (κ3) is 3.93. The molecule has 0 bridgehead atoms. The number of imidazole rings is 1. The normalized spacial score (nSPS) is 18.4. The Bertz CT molecular complexity index is 970. The molecule has 4 nitrogen and oxygen atoms in total. The molecule has 0 saturated carbocycles. The maximum absolute atomic E-state index is 13.1. The van der Waals surface area contributed by atoms with Crippen LogP contribution >= 0.6 is 0 Å². The van der Waals surface area contributed by atoms with Gasteiger partial charge in [-0.15, -0.1) is 0 Å². The van der Waals surface area contributed by atoms with Crippen molar-refractivity contribution in [2.75, 3.05) is 12.8 Å². The van der Waals surface area contributed by atoms with Gasteiger partial charge in [-0.25, -0.2) is 17.9 Å². The highest BCUT2D eigenvalue weighted by molar-refractivity contribution is 7.81. The lowest BCUT2D eigenvalue weighted by Gasteiger charge is -2.24. The summed E-state index contributed by atoms with van der Waals surface area (Å²) in [6.07, 6.45) is 8.38. The third-order valence-corrected chi connectivity index (χ3v) is 6.49. The first kappa shape index (κ1) is 19.0. The molecule has 1 saturated heterocycles. The van der Waals surface area contributed by atoms with Crippen molar-refractivity contribution in [3.05, 3.63) is 78.0 Å². The summed E-state index contributed by atoms with van der Waals surface area (Å²) in [5.41, 5.74) is 4.50. The molecule has 1 fully saturated rings. The first-order chi connectivity index (χ1) is 13.6. The van der Waals surface area contributed by atoms with E-state index in [4.69, 9.17) is 0 Å². The van der Waals surface area contributed by atoms with E-state index in [2.05, 4.69) is 26.0 Å². The number of nitrogens with zero attached hydrogens (tertiary/aromatic N) is 3. The number of aromatic nitrogens is 2. The summed E-state index contributed by atoms with van der Waals surface area (Å²) in [6.45, 7) is 1.63. The Morgan fingerprint density at radius 3 is 2.75 bits per heavy atom. The van der Waals surface area contributed by atoms with Crippen molar-refractivity contribution >= 4 is 11.0 Å². The van der Waals surface area contributed by atoms with Crippen LogP contribution in [0.25, 0.3) is 11.3 Å². The topological polar surface area (TPSA) is 38.1 Å². The van der Waals surface area contributed by atoms with Gasteiger partial charge in [0, 0.05) is 31.0 Å². The zero-order valence-electron chi connectivity index (χ0n) is 15.9. The Kier molecular flexibility index (Phi) is 5.69. The van der Waals surface area contributed by atoms with Crippen LogP contribution in [-0.2, 0) is 24.0 Å². The van der Waals surface area contributed by atoms with Gasteiger partial charge in [0.1, 0.15) is 5.82 Å². The molecular formula is C22H24FN3OS. The molecule has 1 aliphatic rings. The minimum absolute atomic E-state index is 0.169. The van der Waals surface area contributed by atoms with E-state index in [1.807, 2.05) is 36.8 Å². The summed E-state index contributed by atoms with van der Waals surface area (Å²) in [6, 6.07) is 15.2. The fourth-order valence-electron chi connectivity index (χ4n) is 4.00. The van der Waals surface area contributed by atoms with E-state index >= 15 is 0 Å². The molecule has 2 unspecified atom stereocenters. The summed E-state index contributed by atoms with van der Waals surface area (Å²) in [4.78, 5) is 4.38. The Morgan fingerprint density at radius 2 is 1.96 bits per heavy atom. The van der Waals surface area contributed by atoms with Crippen molar-refractivity contribution < 1.29 is 8.60 Å². The Morgan fingerprint density at radius 1 is 1.18 bits per heavy atom. The SMILES string of the molecule is CS(=O)N1CCCC1c1ccccc1-c1cncn1CCc1ccc(F)cc1. The van der Waals surface area contributed by atoms with Gasteiger partial charge in [0.25, 0.3) is 0 Å². The van der Waals surface area contributed by atoms with Crippen LogP contribution in [0.1, 0.15) is 30.0 Å². The van der Waals surface area contributed by atoms with Crippen LogP contribution in [-0.4, -0.2) is 30.9 Å². The summed E-state index contributed by atoms with van der Waals surface area (Å²) >= 11 is 0. The van der Waals surface area contributed by atoms with Crippen LogP contribution in [0.3, 0.4) is 0 Å². The number of halogens is 1. The highest BCUT2D eigenvalue weighted by atomic mass is 32.2. The van der Waals surface area contributed by atoms with Gasteiger partial charge in [0.15, 0.2) is 0 Å². The van der Waals surface area contributed by atoms with Crippen molar-refractivity contribution in [3.63, 3.8) is 0 Å². The second kappa shape index (κ2) is 8.37. The van der Waals surface area contributed by atoms with Gasteiger partial charge in [0.05, 0.1) is 29.2 Å². The van der Waals surface area contributed by atoms with Crippen LogP contribution in [0.15, 0.2) is 61.1 Å². The lowest BCUT2D eigenvalue weighted by molar-refractivity contribution is 0.431. The summed E-state index contributed by atoms with van der Waals surface area (Å²) < 4.78 is 29.5. The minimum Gasteiger partial charge on any atom is -0.330 e. The van der Waals surface area contributed by atoms with Gasteiger partial charge in [-0.3, -0.25) is 0 Å². The summed E-state index contributed by atoms with van der Waals surface area (Å²) in [5.74, 6) is -0.213. The van der Waals surface area contributed by atoms with E-state index in [0.29, 0.717) is 0 Å². The monoisotopic (exact) mass is 397 g/mol. The first-order valence-electron chi connectivity index (χ1n) is 9.57. The number of hydrogen-bond donors (Lipinski definition) is 0. The average Bonchev–Trinajstić information content (AvgIpc) is 3.37. The van der Waals surface area contributed by atoms with E-state index in [1.165, 1.54) is 17.7 Å². The fraction of sp³-hybridized carbons (Fsp3) is 0.318. The number of rotatable bonds is 6. The molecule has 1 aromatic heterocycles. The van der Waals surface area contributed by atoms with Gasteiger partial charge in [-0.2, -0.15) is 0 Å². The predicted molar refractivity (Wildman–Crippen MR) is 111 cm³/mol. The molecule has 0 aliphatic carbocycles. The van der Waals surface area contributed by atoms with Crippen LogP contribution in [0.5, 0.6) is 0 Å². The first-order valence-corrected chi connectivity index (χ1v) is 11.1. The molecule has 0 amide bonds. The van der Waals surface area contributed by atoms with Crippen LogP contribution < -0.4 is 0 Å². The molecule has 0 radical (unpaired) electrons. The van der Waals surface area contributed by atoms with Crippen molar-refractivity contribution in [1.82, 2.24) is 13.9 Å². The quantitative estimate of drug-likeness (QED) is 0.620. The molecule has 1 aliphatic heterocycles. The van der Waals surface area contributed by atoms with E-state index in [-0.39, 0.29) is 11.9 Å². The van der Waals surface area contributed by atoms with E-state index < -0.39 is 11.0 Å². The van der Waals surface area contributed by atoms with Crippen LogP contribution in [0.2, 0.25) is 0 Å². The Hall–Kier alpha value is -2.31. The van der Waals surface area contributed by atoms with Crippen LogP contribution in [0.4, 0.5) is 4.39 Å². The van der Waals surface area contributed by atoms with Gasteiger partial charge >= 0.3 is 0 Å². The highest BCUT2D eigenvalue weighted by Gasteiger charge is 2.30. The second-order valence-corrected chi connectivity index (χ2v) is 8.48. The largest absolute Gasteiger partial charge is 0.330 e. The van der Waals surface area contributed by atoms with Crippen molar-refractivity contribution in [2.45, 2.75) is 31.8 Å². The van der Waals surface area contributed by atoms with Crippen LogP contribution in [0, 0.1) is 5.82 Å². The molecule has 0 spiro atoms. The van der Waals surface area contributed by atoms with Gasteiger partial charge in [-0.1, -0.05) is 36.4 Å². The molecule has 0 N–H and O–H groups in total. The molecule has 2 atom stereocenters. The molecular weight excluding hydrogens is 373 g/mol. The lowest BCUT2D eigenvalue weighted by atomic mass is 9.97. The van der Waals surface area contributed by atoms with E-state index in [9.17, 15) is 8.60 Å². The highest BCUT2D eigenvalue weighted by Crippen LogP contribution is 2.38. The van der Waals surface area contributed by atoms with Gasteiger partial charge < -0.3 is 4.57 Å². The molecule has 146 valence electrons. The third-order valence-electron chi connectivity index (χ3n) is 5.40. The molecule has 28 heavy (non-hydrogen) atoms. The molecule has 2 heterocycles. The van der Waals surface area contributed by atoms with E-state index in [1.54, 1.807) is 6.26 Å². The number of benzene rings is 2. The fourth-order valence-corrected chi connectivity index (χ4v) is 4.97. The second-order valence-electron chi connectivity index (χ2n) is 7.16. The smallest absolute Gasteiger partial charge is 0.123 e. The Balaban J connectivity index is 1.61. The molecule has 4 rings (SSSR count). The van der Waals surface area contributed by atoms with Gasteiger partial charge in [0.2, 0.25) is 0 Å². The van der Waals surface area contributed by atoms with E-state index in [0.717, 1.165) is 49.2 Å². The predicted octanol–water partition coefficient (Wildman–Crippen LogP) is 4.36. The molecule has 2 aromatic carbocycles. The van der Waals surface area contributed by atoms with Crippen molar-refractivity contribution in [2.24, 2.45) is 0 Å². The van der Waals surface area contributed by atoms with Gasteiger partial charge in [-0.05, 0) is 42.5 Å². The summed E-state index contributed by atoms with van der Waals surface area (Å²) in [5, 5.41) is 0. The zero-order chi connectivity index (χ0) is 19.5. The summed E-state index contributed by atoms with van der Waals surface area (Å²) in [7, 11) is -0.982. The Labute approximate surface area is 167 Å². The molecule has 3 aromatic rings. The van der Waals surface area contributed by atoms with Crippen molar-refractivity contribution in [3.8, 4) is 11.3 Å².